The minimum Gasteiger partial charge on any atom is -0.376 e. The molecule has 0 radical (unpaired) electrons. The molecule has 0 spiro atoms. The second kappa shape index (κ2) is 6.63. The van der Waals surface area contributed by atoms with E-state index in [-0.39, 0.29) is 11.9 Å². The van der Waals surface area contributed by atoms with E-state index in [0.29, 0.717) is 11.4 Å². The summed E-state index contributed by atoms with van der Waals surface area (Å²) >= 11 is 6.21. The van der Waals surface area contributed by atoms with Gasteiger partial charge in [-0.05, 0) is 31.2 Å². The maximum Gasteiger partial charge on any atom is 0.224 e. The molecule has 0 aliphatic heterocycles. The van der Waals surface area contributed by atoms with Gasteiger partial charge in [-0.1, -0.05) is 18.5 Å². The maximum absolute atomic E-state index is 11.5. The van der Waals surface area contributed by atoms with E-state index >= 15 is 0 Å². The van der Waals surface area contributed by atoms with Crippen LogP contribution in [-0.2, 0) is 11.8 Å². The fourth-order valence-corrected chi connectivity index (χ4v) is 2.25. The van der Waals surface area contributed by atoms with Crippen molar-refractivity contribution in [2.45, 2.75) is 26.3 Å². The normalized spacial score (nSPS) is 12.0. The van der Waals surface area contributed by atoms with Crippen LogP contribution < -0.4 is 10.6 Å². The molecule has 6 heteroatoms. The molecule has 0 bridgehead atoms. The summed E-state index contributed by atoms with van der Waals surface area (Å²) in [7, 11) is 1.90. The Labute approximate surface area is 129 Å². The Morgan fingerprint density at radius 1 is 1.43 bits per heavy atom. The highest BCUT2D eigenvalue weighted by molar-refractivity contribution is 6.33. The van der Waals surface area contributed by atoms with Crippen LogP contribution in [0.2, 0.25) is 5.02 Å². The Morgan fingerprint density at radius 2 is 2.19 bits per heavy atom. The van der Waals surface area contributed by atoms with E-state index in [2.05, 4.69) is 15.7 Å². The average molecular weight is 307 g/mol. The third-order valence-electron chi connectivity index (χ3n) is 3.25. The zero-order valence-corrected chi connectivity index (χ0v) is 13.1. The van der Waals surface area contributed by atoms with Crippen LogP contribution in [0.1, 0.15) is 32.0 Å². The van der Waals surface area contributed by atoms with Crippen LogP contribution in [0.3, 0.4) is 0 Å². The number of anilines is 2. The summed E-state index contributed by atoms with van der Waals surface area (Å²) < 4.78 is 1.81. The maximum atomic E-state index is 11.5. The highest BCUT2D eigenvalue weighted by Crippen LogP contribution is 2.29. The van der Waals surface area contributed by atoms with Crippen molar-refractivity contribution in [3.8, 4) is 0 Å². The van der Waals surface area contributed by atoms with Crippen molar-refractivity contribution in [1.82, 2.24) is 9.78 Å². The minimum atomic E-state index is -0.0250. The predicted molar refractivity (Wildman–Crippen MR) is 85.6 cm³/mol. The lowest BCUT2D eigenvalue weighted by Gasteiger charge is -2.17. The molecule has 1 heterocycles. The van der Waals surface area contributed by atoms with E-state index in [1.807, 2.05) is 37.7 Å². The first-order chi connectivity index (χ1) is 10.0. The zero-order valence-electron chi connectivity index (χ0n) is 12.4. The second-order valence-corrected chi connectivity index (χ2v) is 5.25. The van der Waals surface area contributed by atoms with Gasteiger partial charge in [0.2, 0.25) is 5.91 Å². The summed E-state index contributed by atoms with van der Waals surface area (Å²) in [4.78, 5) is 11.5. The van der Waals surface area contributed by atoms with Gasteiger partial charge in [0, 0.05) is 25.4 Å². The van der Waals surface area contributed by atoms with Crippen LogP contribution in [0.25, 0.3) is 0 Å². The first-order valence-corrected chi connectivity index (χ1v) is 7.23. The molecule has 1 unspecified atom stereocenters. The minimum absolute atomic E-state index is 0.0250. The summed E-state index contributed by atoms with van der Waals surface area (Å²) in [5.74, 6) is -0.0250. The van der Waals surface area contributed by atoms with Crippen molar-refractivity contribution in [3.63, 3.8) is 0 Å². The Kier molecular flexibility index (Phi) is 4.85. The van der Waals surface area contributed by atoms with Gasteiger partial charge < -0.3 is 10.6 Å². The van der Waals surface area contributed by atoms with Crippen LogP contribution in [-0.4, -0.2) is 15.7 Å². The molecule has 5 nitrogen and oxygen atoms in total. The van der Waals surface area contributed by atoms with Crippen molar-refractivity contribution in [3.05, 3.63) is 41.2 Å². The molecule has 1 aromatic carbocycles. The standard InChI is InChI=1S/C15H19ClN4O/c1-4-15(21)19-11-5-6-12(16)13(9-11)18-10(2)14-7-8-17-20(14)3/h5-10,18H,4H2,1-3H3,(H,19,21). The number of benzene rings is 1. The van der Waals surface area contributed by atoms with Crippen molar-refractivity contribution in [2.24, 2.45) is 7.05 Å². The number of carbonyl (C=O) groups is 1. The summed E-state index contributed by atoms with van der Waals surface area (Å²) in [5.41, 5.74) is 2.55. The molecule has 0 fully saturated rings. The smallest absolute Gasteiger partial charge is 0.224 e. The average Bonchev–Trinajstić information content (AvgIpc) is 2.88. The monoisotopic (exact) mass is 306 g/mol. The molecule has 0 saturated heterocycles. The van der Waals surface area contributed by atoms with Crippen molar-refractivity contribution >= 4 is 28.9 Å². The first-order valence-electron chi connectivity index (χ1n) is 6.85. The summed E-state index contributed by atoms with van der Waals surface area (Å²) in [5, 5.41) is 10.9. The number of hydrogen-bond donors (Lipinski definition) is 2. The number of nitrogens with zero attached hydrogens (tertiary/aromatic N) is 2. The lowest BCUT2D eigenvalue weighted by atomic mass is 10.2. The number of aromatic nitrogens is 2. The molecular formula is C15H19ClN4O. The molecule has 0 aliphatic rings. The van der Waals surface area contributed by atoms with Gasteiger partial charge in [0.25, 0.3) is 0 Å². The zero-order chi connectivity index (χ0) is 15.4. The van der Waals surface area contributed by atoms with Crippen LogP contribution in [0.15, 0.2) is 30.5 Å². The van der Waals surface area contributed by atoms with E-state index in [4.69, 9.17) is 11.6 Å². The first kappa shape index (κ1) is 15.4. The van der Waals surface area contributed by atoms with Gasteiger partial charge in [-0.25, -0.2) is 0 Å². The third kappa shape index (κ3) is 3.76. The quantitative estimate of drug-likeness (QED) is 0.887. The number of rotatable bonds is 5. The number of nitrogens with one attached hydrogen (secondary N) is 2. The van der Waals surface area contributed by atoms with Crippen LogP contribution in [0, 0.1) is 0 Å². The molecule has 1 atom stereocenters. The molecule has 21 heavy (non-hydrogen) atoms. The third-order valence-corrected chi connectivity index (χ3v) is 3.58. The molecule has 0 aliphatic carbocycles. The van der Waals surface area contributed by atoms with E-state index < -0.39 is 0 Å². The summed E-state index contributed by atoms with van der Waals surface area (Å²) in [6.45, 7) is 3.85. The van der Waals surface area contributed by atoms with E-state index in [0.717, 1.165) is 17.1 Å². The fourth-order valence-electron chi connectivity index (χ4n) is 2.08. The van der Waals surface area contributed by atoms with Crippen LogP contribution in [0.4, 0.5) is 11.4 Å². The highest BCUT2D eigenvalue weighted by Gasteiger charge is 2.12. The molecule has 1 aromatic heterocycles. The predicted octanol–water partition coefficient (Wildman–Crippen LogP) is 3.60. The lowest BCUT2D eigenvalue weighted by molar-refractivity contribution is -0.115. The van der Waals surface area contributed by atoms with Crippen molar-refractivity contribution in [1.29, 1.82) is 0 Å². The van der Waals surface area contributed by atoms with Gasteiger partial charge in [-0.3, -0.25) is 9.48 Å². The topological polar surface area (TPSA) is 59.0 Å². The van der Waals surface area contributed by atoms with Gasteiger partial charge in [-0.2, -0.15) is 5.10 Å². The number of amides is 1. The van der Waals surface area contributed by atoms with E-state index in [1.54, 1.807) is 18.3 Å². The Morgan fingerprint density at radius 3 is 2.81 bits per heavy atom. The van der Waals surface area contributed by atoms with Crippen LogP contribution in [0.5, 0.6) is 0 Å². The molecule has 2 aromatic rings. The largest absolute Gasteiger partial charge is 0.376 e. The van der Waals surface area contributed by atoms with Crippen LogP contribution >= 0.6 is 11.6 Å². The number of hydrogen-bond acceptors (Lipinski definition) is 3. The summed E-state index contributed by atoms with van der Waals surface area (Å²) in [6.07, 6.45) is 2.20. The van der Waals surface area contributed by atoms with E-state index in [1.165, 1.54) is 0 Å². The van der Waals surface area contributed by atoms with Gasteiger partial charge in [0.15, 0.2) is 0 Å². The summed E-state index contributed by atoms with van der Waals surface area (Å²) in [6, 6.07) is 7.39. The fraction of sp³-hybridized carbons (Fsp3) is 0.333. The van der Waals surface area contributed by atoms with Gasteiger partial charge in [0.1, 0.15) is 0 Å². The second-order valence-electron chi connectivity index (χ2n) is 4.84. The van der Waals surface area contributed by atoms with Gasteiger partial charge >= 0.3 is 0 Å². The number of halogens is 1. The Balaban J connectivity index is 2.17. The Bertz CT molecular complexity index is 638. The van der Waals surface area contributed by atoms with Crippen molar-refractivity contribution in [2.75, 3.05) is 10.6 Å². The molecule has 112 valence electrons. The molecule has 0 saturated carbocycles. The number of carbonyl (C=O) groups excluding carboxylic acids is 1. The highest BCUT2D eigenvalue weighted by atomic mass is 35.5. The molecule has 1 amide bonds. The SMILES string of the molecule is CCC(=O)Nc1ccc(Cl)c(NC(C)c2ccnn2C)c1. The van der Waals surface area contributed by atoms with Crippen molar-refractivity contribution < 1.29 is 4.79 Å². The Hall–Kier alpha value is -2.01. The van der Waals surface area contributed by atoms with E-state index in [9.17, 15) is 4.79 Å². The molecule has 2 rings (SSSR count). The molecule has 2 N–H and O–H groups in total. The van der Waals surface area contributed by atoms with Gasteiger partial charge in [-0.15, -0.1) is 0 Å². The number of aryl methyl sites for hydroxylation is 1. The lowest BCUT2D eigenvalue weighted by Crippen LogP contribution is -2.13. The molecular weight excluding hydrogens is 288 g/mol. The van der Waals surface area contributed by atoms with Gasteiger partial charge in [0.05, 0.1) is 22.4 Å².